The number of carbonyl (C=O) groups is 1. The number of piperidine rings is 1. The van der Waals surface area contributed by atoms with Crippen molar-refractivity contribution in [3.05, 3.63) is 11.7 Å². The van der Waals surface area contributed by atoms with E-state index in [1.165, 1.54) is 0 Å². The van der Waals surface area contributed by atoms with Crippen LogP contribution in [0.5, 0.6) is 0 Å². The van der Waals surface area contributed by atoms with Gasteiger partial charge in [-0.2, -0.15) is 4.98 Å². The molecule has 0 spiro atoms. The van der Waals surface area contributed by atoms with Gasteiger partial charge >= 0.3 is 0 Å². The zero-order valence-electron chi connectivity index (χ0n) is 11.6. The first-order chi connectivity index (χ1) is 9.04. The maximum atomic E-state index is 12.0. The van der Waals surface area contributed by atoms with Crippen molar-refractivity contribution in [2.45, 2.75) is 45.6 Å². The molecule has 2 unspecified atom stereocenters. The number of nitrogens with zero attached hydrogens (tertiary/aromatic N) is 3. The standard InChI is InChI=1S/C13H22N4O2/c1-9(14)6-13(18)17-5-3-4-11(8-17)7-12-15-10(2)19-16-12/h9,11H,3-8,14H2,1-2H3. The van der Waals surface area contributed by atoms with Gasteiger partial charge in [-0.25, -0.2) is 0 Å². The van der Waals surface area contributed by atoms with E-state index in [9.17, 15) is 4.79 Å². The van der Waals surface area contributed by atoms with Crippen LogP contribution in [0.2, 0.25) is 0 Å². The molecule has 6 heteroatoms. The Bertz CT molecular complexity index is 430. The molecule has 2 rings (SSSR count). The number of hydrogen-bond donors (Lipinski definition) is 1. The predicted octanol–water partition coefficient (Wildman–Crippen LogP) is 0.896. The van der Waals surface area contributed by atoms with Gasteiger partial charge in [0.25, 0.3) is 0 Å². The van der Waals surface area contributed by atoms with Crippen molar-refractivity contribution in [2.75, 3.05) is 13.1 Å². The van der Waals surface area contributed by atoms with Crippen LogP contribution in [0.1, 0.15) is 37.9 Å². The third kappa shape index (κ3) is 4.02. The Kier molecular flexibility index (Phi) is 4.52. The fourth-order valence-corrected chi connectivity index (χ4v) is 2.55. The lowest BCUT2D eigenvalue weighted by atomic mass is 9.94. The van der Waals surface area contributed by atoms with Gasteiger partial charge < -0.3 is 15.2 Å². The minimum atomic E-state index is -0.0762. The van der Waals surface area contributed by atoms with Crippen molar-refractivity contribution in [1.82, 2.24) is 15.0 Å². The first kappa shape index (κ1) is 14.0. The number of carbonyl (C=O) groups excluding carboxylic acids is 1. The summed E-state index contributed by atoms with van der Waals surface area (Å²) in [6.45, 7) is 5.27. The van der Waals surface area contributed by atoms with Crippen molar-refractivity contribution in [3.63, 3.8) is 0 Å². The van der Waals surface area contributed by atoms with Gasteiger partial charge in [-0.15, -0.1) is 0 Å². The summed E-state index contributed by atoms with van der Waals surface area (Å²) in [7, 11) is 0. The Hall–Kier alpha value is -1.43. The molecule has 1 fully saturated rings. The van der Waals surface area contributed by atoms with E-state index in [1.54, 1.807) is 6.92 Å². The number of aromatic nitrogens is 2. The van der Waals surface area contributed by atoms with E-state index in [0.717, 1.165) is 38.2 Å². The van der Waals surface area contributed by atoms with Crippen molar-refractivity contribution in [2.24, 2.45) is 11.7 Å². The van der Waals surface area contributed by atoms with Gasteiger partial charge in [0, 0.05) is 38.9 Å². The molecule has 1 saturated heterocycles. The van der Waals surface area contributed by atoms with Crippen LogP contribution in [-0.2, 0) is 11.2 Å². The maximum absolute atomic E-state index is 12.0. The van der Waals surface area contributed by atoms with E-state index in [-0.39, 0.29) is 11.9 Å². The topological polar surface area (TPSA) is 85.2 Å². The highest BCUT2D eigenvalue weighted by atomic mass is 16.5. The van der Waals surface area contributed by atoms with Crippen LogP contribution in [0.15, 0.2) is 4.52 Å². The summed E-state index contributed by atoms with van der Waals surface area (Å²) in [5.74, 6) is 1.91. The number of aryl methyl sites for hydroxylation is 1. The summed E-state index contributed by atoms with van der Waals surface area (Å²) in [4.78, 5) is 18.1. The molecule has 0 aromatic carbocycles. The minimum absolute atomic E-state index is 0.0762. The van der Waals surface area contributed by atoms with Crippen molar-refractivity contribution < 1.29 is 9.32 Å². The monoisotopic (exact) mass is 266 g/mol. The van der Waals surface area contributed by atoms with Gasteiger partial charge in [-0.05, 0) is 25.7 Å². The predicted molar refractivity (Wildman–Crippen MR) is 70.3 cm³/mol. The Morgan fingerprint density at radius 2 is 2.42 bits per heavy atom. The van der Waals surface area contributed by atoms with Gasteiger partial charge in [0.05, 0.1) is 0 Å². The van der Waals surface area contributed by atoms with Crippen molar-refractivity contribution in [3.8, 4) is 0 Å². The second kappa shape index (κ2) is 6.14. The van der Waals surface area contributed by atoms with E-state index < -0.39 is 0 Å². The lowest BCUT2D eigenvalue weighted by Crippen LogP contribution is -2.42. The summed E-state index contributed by atoms with van der Waals surface area (Å²) in [6, 6.07) is -0.0762. The van der Waals surface area contributed by atoms with Crippen LogP contribution in [0.25, 0.3) is 0 Å². The zero-order chi connectivity index (χ0) is 13.8. The maximum Gasteiger partial charge on any atom is 0.224 e. The second-order valence-electron chi connectivity index (χ2n) is 5.46. The molecule has 1 amide bonds. The average Bonchev–Trinajstić information content (AvgIpc) is 2.74. The quantitative estimate of drug-likeness (QED) is 0.875. The van der Waals surface area contributed by atoms with E-state index in [0.29, 0.717) is 18.2 Å². The first-order valence-corrected chi connectivity index (χ1v) is 6.87. The SMILES string of the molecule is Cc1nc(CC2CCCN(C(=O)CC(C)N)C2)no1. The Balaban J connectivity index is 1.88. The average molecular weight is 266 g/mol. The molecule has 6 nitrogen and oxygen atoms in total. The van der Waals surface area contributed by atoms with Crippen LogP contribution in [-0.4, -0.2) is 40.1 Å². The fourth-order valence-electron chi connectivity index (χ4n) is 2.55. The first-order valence-electron chi connectivity index (χ1n) is 6.87. The summed E-state index contributed by atoms with van der Waals surface area (Å²) >= 11 is 0. The molecule has 1 aliphatic rings. The molecule has 2 atom stereocenters. The molecule has 1 aromatic rings. The summed E-state index contributed by atoms with van der Waals surface area (Å²) in [6.07, 6.45) is 3.34. The normalized spacial score (nSPS) is 21.4. The molecule has 106 valence electrons. The fraction of sp³-hybridized carbons (Fsp3) is 0.769. The molecule has 1 aromatic heterocycles. The van der Waals surface area contributed by atoms with Gasteiger partial charge in [0.1, 0.15) is 0 Å². The number of amides is 1. The van der Waals surface area contributed by atoms with E-state index in [1.807, 2.05) is 11.8 Å². The smallest absolute Gasteiger partial charge is 0.224 e. The second-order valence-corrected chi connectivity index (χ2v) is 5.46. The Morgan fingerprint density at radius 1 is 1.63 bits per heavy atom. The lowest BCUT2D eigenvalue weighted by molar-refractivity contribution is -0.133. The molecule has 0 radical (unpaired) electrons. The van der Waals surface area contributed by atoms with E-state index in [4.69, 9.17) is 10.3 Å². The highest BCUT2D eigenvalue weighted by Gasteiger charge is 2.25. The lowest BCUT2D eigenvalue weighted by Gasteiger charge is -2.32. The third-order valence-corrected chi connectivity index (χ3v) is 3.41. The van der Waals surface area contributed by atoms with E-state index >= 15 is 0 Å². The minimum Gasteiger partial charge on any atom is -0.342 e. The molecular formula is C13H22N4O2. The van der Waals surface area contributed by atoms with Crippen LogP contribution in [0.3, 0.4) is 0 Å². The molecule has 0 saturated carbocycles. The highest BCUT2D eigenvalue weighted by molar-refractivity contribution is 5.76. The van der Waals surface area contributed by atoms with E-state index in [2.05, 4.69) is 10.1 Å². The molecule has 19 heavy (non-hydrogen) atoms. The molecule has 1 aliphatic heterocycles. The van der Waals surface area contributed by atoms with Crippen molar-refractivity contribution >= 4 is 5.91 Å². The summed E-state index contributed by atoms with van der Waals surface area (Å²) in [5, 5.41) is 3.92. The molecular weight excluding hydrogens is 244 g/mol. The zero-order valence-corrected chi connectivity index (χ0v) is 11.6. The summed E-state index contributed by atoms with van der Waals surface area (Å²) in [5.41, 5.74) is 5.68. The van der Waals surface area contributed by atoms with Gasteiger partial charge in [0.2, 0.25) is 11.8 Å². The Labute approximate surface area is 113 Å². The van der Waals surface area contributed by atoms with Crippen LogP contribution in [0.4, 0.5) is 0 Å². The Morgan fingerprint density at radius 3 is 3.05 bits per heavy atom. The molecule has 2 heterocycles. The van der Waals surface area contributed by atoms with Gasteiger partial charge in [0.15, 0.2) is 5.82 Å². The third-order valence-electron chi connectivity index (χ3n) is 3.41. The molecule has 0 aliphatic carbocycles. The van der Waals surface area contributed by atoms with Crippen LogP contribution >= 0.6 is 0 Å². The molecule has 0 bridgehead atoms. The van der Waals surface area contributed by atoms with Crippen molar-refractivity contribution in [1.29, 1.82) is 0 Å². The largest absolute Gasteiger partial charge is 0.342 e. The number of nitrogens with two attached hydrogens (primary N) is 1. The highest BCUT2D eigenvalue weighted by Crippen LogP contribution is 2.20. The number of likely N-dealkylation sites (tertiary alicyclic amines) is 1. The number of hydrogen-bond acceptors (Lipinski definition) is 5. The van der Waals surface area contributed by atoms with Gasteiger partial charge in [-0.1, -0.05) is 5.16 Å². The number of rotatable bonds is 4. The van der Waals surface area contributed by atoms with Crippen LogP contribution < -0.4 is 5.73 Å². The van der Waals surface area contributed by atoms with Crippen LogP contribution in [0, 0.1) is 12.8 Å². The van der Waals surface area contributed by atoms with Gasteiger partial charge in [-0.3, -0.25) is 4.79 Å². The summed E-state index contributed by atoms with van der Waals surface area (Å²) < 4.78 is 4.97. The molecule has 2 N–H and O–H groups in total.